The molecule has 0 atom stereocenters. The summed E-state index contributed by atoms with van der Waals surface area (Å²) in [5, 5.41) is 2.63. The Bertz CT molecular complexity index is 821. The van der Waals surface area contributed by atoms with Crippen molar-refractivity contribution in [3.8, 4) is 5.75 Å². The molecule has 1 aliphatic rings. The molecule has 0 unspecified atom stereocenters. The number of carbonyl (C=O) groups excluding carboxylic acids is 1. The van der Waals surface area contributed by atoms with Crippen LogP contribution in [-0.4, -0.2) is 16.8 Å². The topological polar surface area (TPSA) is 38.3 Å². The minimum Gasteiger partial charge on any atom is -0.493 e. The number of hydrogen-bond acceptors (Lipinski definition) is 4. The Balaban J connectivity index is 1.66. The fourth-order valence-corrected chi connectivity index (χ4v) is 3.84. The van der Waals surface area contributed by atoms with Crippen molar-refractivity contribution < 1.29 is 9.53 Å². The van der Waals surface area contributed by atoms with Gasteiger partial charge < -0.3 is 10.1 Å². The lowest BCUT2D eigenvalue weighted by Gasteiger charge is -2.10. The van der Waals surface area contributed by atoms with Crippen molar-refractivity contribution in [1.82, 2.24) is 5.32 Å². The summed E-state index contributed by atoms with van der Waals surface area (Å²) >= 11 is 9.77. The highest BCUT2D eigenvalue weighted by Gasteiger charge is 2.22. The lowest BCUT2D eigenvalue weighted by atomic mass is 10.1. The molecule has 0 aromatic heterocycles. The standard InChI is InChI=1S/C19H16BrNO2S2/c20-15-8-9-16(23-10-4-7-13-5-2-1-3-6-13)14(11-15)12-17-18(22)21-19(24)25-17/h1-3,5-6,8-9,11-12H,4,7,10H2,(H,21,22,24)/b17-12-. The molecule has 128 valence electrons. The van der Waals surface area contributed by atoms with Crippen LogP contribution in [0.15, 0.2) is 57.9 Å². The van der Waals surface area contributed by atoms with Crippen molar-refractivity contribution in [3.05, 3.63) is 69.0 Å². The normalized spacial score (nSPS) is 15.5. The highest BCUT2D eigenvalue weighted by atomic mass is 79.9. The summed E-state index contributed by atoms with van der Waals surface area (Å²) in [5.41, 5.74) is 2.16. The molecule has 0 spiro atoms. The number of benzene rings is 2. The Hall–Kier alpha value is -1.63. The molecule has 3 rings (SSSR count). The van der Waals surface area contributed by atoms with Gasteiger partial charge >= 0.3 is 0 Å². The van der Waals surface area contributed by atoms with Crippen molar-refractivity contribution >= 4 is 56.2 Å². The van der Waals surface area contributed by atoms with Gasteiger partial charge in [-0.2, -0.15) is 0 Å². The molecule has 0 bridgehead atoms. The SMILES string of the molecule is O=C1NC(=S)S/C1=C\c1cc(Br)ccc1OCCCc1ccccc1. The molecule has 3 nitrogen and oxygen atoms in total. The van der Waals surface area contributed by atoms with Gasteiger partial charge in [0.1, 0.15) is 10.1 Å². The van der Waals surface area contributed by atoms with Crippen LogP contribution in [-0.2, 0) is 11.2 Å². The summed E-state index contributed by atoms with van der Waals surface area (Å²) in [6, 6.07) is 16.1. The molecule has 1 saturated heterocycles. The van der Waals surface area contributed by atoms with E-state index in [-0.39, 0.29) is 5.91 Å². The molecule has 1 heterocycles. The maximum Gasteiger partial charge on any atom is 0.263 e. The zero-order valence-electron chi connectivity index (χ0n) is 13.3. The summed E-state index contributed by atoms with van der Waals surface area (Å²) in [4.78, 5) is 12.4. The number of halogens is 1. The zero-order chi connectivity index (χ0) is 17.6. The zero-order valence-corrected chi connectivity index (χ0v) is 16.5. The van der Waals surface area contributed by atoms with Gasteiger partial charge in [-0.1, -0.05) is 70.2 Å². The molecular formula is C19H16BrNO2S2. The third-order valence-corrected chi connectivity index (χ3v) is 5.27. The number of ether oxygens (including phenoxy) is 1. The van der Waals surface area contributed by atoms with Crippen LogP contribution in [0.2, 0.25) is 0 Å². The van der Waals surface area contributed by atoms with Crippen molar-refractivity contribution in [2.45, 2.75) is 12.8 Å². The van der Waals surface area contributed by atoms with Crippen LogP contribution >= 0.6 is 39.9 Å². The Morgan fingerprint density at radius 2 is 2.00 bits per heavy atom. The lowest BCUT2D eigenvalue weighted by molar-refractivity contribution is -0.115. The van der Waals surface area contributed by atoms with Crippen LogP contribution in [0.4, 0.5) is 0 Å². The minimum absolute atomic E-state index is 0.162. The third kappa shape index (κ3) is 5.17. The van der Waals surface area contributed by atoms with Gasteiger partial charge in [0.05, 0.1) is 11.5 Å². The van der Waals surface area contributed by atoms with Crippen LogP contribution in [0.5, 0.6) is 5.75 Å². The van der Waals surface area contributed by atoms with Crippen LogP contribution in [0.25, 0.3) is 6.08 Å². The first-order chi connectivity index (χ1) is 12.1. The first kappa shape index (κ1) is 18.2. The molecule has 6 heteroatoms. The summed E-state index contributed by atoms with van der Waals surface area (Å²) in [5.74, 6) is 0.597. The number of thioether (sulfide) groups is 1. The number of thiocarbonyl (C=S) groups is 1. The fourth-order valence-electron chi connectivity index (χ4n) is 2.43. The van der Waals surface area contributed by atoms with Gasteiger partial charge in [0, 0.05) is 10.0 Å². The summed E-state index contributed by atoms with van der Waals surface area (Å²) < 4.78 is 7.36. The molecule has 0 radical (unpaired) electrons. The predicted molar refractivity (Wildman–Crippen MR) is 111 cm³/mol. The van der Waals surface area contributed by atoms with Gasteiger partial charge in [0.2, 0.25) is 0 Å². The van der Waals surface area contributed by atoms with Gasteiger partial charge in [0.15, 0.2) is 0 Å². The van der Waals surface area contributed by atoms with Crippen molar-refractivity contribution in [2.24, 2.45) is 0 Å². The van der Waals surface area contributed by atoms with Gasteiger partial charge in [-0.05, 0) is 42.7 Å². The van der Waals surface area contributed by atoms with E-state index in [9.17, 15) is 4.79 Å². The summed E-state index contributed by atoms with van der Waals surface area (Å²) in [7, 11) is 0. The maximum atomic E-state index is 11.9. The van der Waals surface area contributed by atoms with Gasteiger partial charge in [0.25, 0.3) is 5.91 Å². The fraction of sp³-hybridized carbons (Fsp3) is 0.158. The lowest BCUT2D eigenvalue weighted by Crippen LogP contribution is -2.17. The van der Waals surface area contributed by atoms with Crippen LogP contribution in [0, 0.1) is 0 Å². The van der Waals surface area contributed by atoms with E-state index in [1.54, 1.807) is 0 Å². The van der Waals surface area contributed by atoms with E-state index in [0.717, 1.165) is 28.6 Å². The van der Waals surface area contributed by atoms with E-state index in [4.69, 9.17) is 17.0 Å². The smallest absolute Gasteiger partial charge is 0.263 e. The van der Waals surface area contributed by atoms with Crippen molar-refractivity contribution in [1.29, 1.82) is 0 Å². The molecule has 2 aromatic carbocycles. The minimum atomic E-state index is -0.162. The highest BCUT2D eigenvalue weighted by molar-refractivity contribution is 9.10. The van der Waals surface area contributed by atoms with E-state index >= 15 is 0 Å². The average Bonchev–Trinajstić information content (AvgIpc) is 2.91. The van der Waals surface area contributed by atoms with Crippen molar-refractivity contribution in [3.63, 3.8) is 0 Å². The van der Waals surface area contributed by atoms with E-state index in [1.807, 2.05) is 42.5 Å². The first-order valence-electron chi connectivity index (χ1n) is 7.83. The van der Waals surface area contributed by atoms with Crippen LogP contribution in [0.3, 0.4) is 0 Å². The average molecular weight is 434 g/mol. The molecule has 1 amide bonds. The molecular weight excluding hydrogens is 418 g/mol. The van der Waals surface area contributed by atoms with Crippen molar-refractivity contribution in [2.75, 3.05) is 6.61 Å². The summed E-state index contributed by atoms with van der Waals surface area (Å²) in [6.45, 7) is 0.616. The number of amides is 1. The Morgan fingerprint density at radius 1 is 1.20 bits per heavy atom. The molecule has 1 fully saturated rings. The molecule has 1 N–H and O–H groups in total. The number of carbonyl (C=O) groups is 1. The molecule has 1 aliphatic heterocycles. The van der Waals surface area contributed by atoms with E-state index in [1.165, 1.54) is 17.3 Å². The summed E-state index contributed by atoms with van der Waals surface area (Å²) in [6.07, 6.45) is 3.71. The predicted octanol–water partition coefficient (Wildman–Crippen LogP) is 4.95. The van der Waals surface area contributed by atoms with E-state index in [0.29, 0.717) is 15.8 Å². The van der Waals surface area contributed by atoms with Crippen LogP contribution in [0.1, 0.15) is 17.5 Å². The number of rotatable bonds is 6. The quantitative estimate of drug-likeness (QED) is 0.397. The van der Waals surface area contributed by atoms with Gasteiger partial charge in [-0.15, -0.1) is 0 Å². The van der Waals surface area contributed by atoms with Gasteiger partial charge in [-0.3, -0.25) is 4.79 Å². The van der Waals surface area contributed by atoms with Crippen LogP contribution < -0.4 is 10.1 Å². The largest absolute Gasteiger partial charge is 0.493 e. The second-order valence-corrected chi connectivity index (χ2v) is 8.11. The molecule has 2 aromatic rings. The second kappa shape index (κ2) is 8.65. The number of hydrogen-bond donors (Lipinski definition) is 1. The monoisotopic (exact) mass is 433 g/mol. The molecule has 0 saturated carbocycles. The van der Waals surface area contributed by atoms with Gasteiger partial charge in [-0.25, -0.2) is 0 Å². The number of aryl methyl sites for hydroxylation is 1. The Morgan fingerprint density at radius 3 is 2.72 bits per heavy atom. The number of nitrogens with one attached hydrogen (secondary N) is 1. The maximum absolute atomic E-state index is 11.9. The van der Waals surface area contributed by atoms with E-state index < -0.39 is 0 Å². The molecule has 25 heavy (non-hydrogen) atoms. The first-order valence-corrected chi connectivity index (χ1v) is 9.85. The van der Waals surface area contributed by atoms with E-state index in [2.05, 4.69) is 33.4 Å². The Labute approximate surface area is 165 Å². The Kier molecular flexibility index (Phi) is 6.29. The molecule has 0 aliphatic carbocycles. The second-order valence-electron chi connectivity index (χ2n) is 5.47. The highest BCUT2D eigenvalue weighted by Crippen LogP contribution is 2.31. The third-order valence-electron chi connectivity index (χ3n) is 3.61.